The van der Waals surface area contributed by atoms with Gasteiger partial charge in [0.2, 0.25) is 0 Å². The quantitative estimate of drug-likeness (QED) is 0.304. The lowest BCUT2D eigenvalue weighted by atomic mass is 10.1. The Hall–Kier alpha value is -3.48. The molecule has 0 aromatic heterocycles. The highest BCUT2D eigenvalue weighted by Gasteiger charge is 2.23. The zero-order valence-electron chi connectivity index (χ0n) is 19.4. The van der Waals surface area contributed by atoms with Crippen molar-refractivity contribution in [2.75, 3.05) is 26.4 Å². The number of aliphatic imine (C=N–C) groups is 2. The van der Waals surface area contributed by atoms with E-state index in [9.17, 15) is 0 Å². The minimum absolute atomic E-state index is 0.253. The number of rotatable bonds is 10. The summed E-state index contributed by atoms with van der Waals surface area (Å²) in [5.74, 6) is 1.70. The Morgan fingerprint density at radius 3 is 1.47 bits per heavy atom. The Bertz CT molecular complexity index is 1100. The van der Waals surface area contributed by atoms with Crippen LogP contribution in [0.25, 0.3) is 0 Å². The molecule has 174 valence electrons. The molecule has 5 rings (SSSR count). The van der Waals surface area contributed by atoms with Gasteiger partial charge in [-0.05, 0) is 72.5 Å². The molecule has 2 aliphatic heterocycles. The molecule has 2 aliphatic rings. The van der Waals surface area contributed by atoms with E-state index in [1.165, 1.54) is 0 Å². The highest BCUT2D eigenvalue weighted by atomic mass is 16.6. The van der Waals surface area contributed by atoms with Crippen molar-refractivity contribution in [3.63, 3.8) is 0 Å². The lowest BCUT2D eigenvalue weighted by Crippen LogP contribution is -2.03. The lowest BCUT2D eigenvalue weighted by Gasteiger charge is -2.07. The molecular weight excluding hydrogens is 428 g/mol. The molecule has 0 radical (unpaired) electrons. The fourth-order valence-electron chi connectivity index (χ4n) is 3.39. The number of hydrogen-bond acceptors (Lipinski definition) is 6. The molecule has 6 nitrogen and oxygen atoms in total. The predicted octanol–water partition coefficient (Wildman–Crippen LogP) is 5.36. The van der Waals surface area contributed by atoms with Crippen LogP contribution in [0.15, 0.2) is 70.6 Å². The molecule has 2 fully saturated rings. The molecule has 2 atom stereocenters. The summed E-state index contributed by atoms with van der Waals surface area (Å²) in [6.45, 7) is 6.88. The zero-order chi connectivity index (χ0) is 23.3. The van der Waals surface area contributed by atoms with E-state index in [1.807, 2.05) is 86.9 Å². The molecule has 3 aromatic rings. The van der Waals surface area contributed by atoms with E-state index in [0.717, 1.165) is 58.3 Å². The number of benzene rings is 3. The predicted molar refractivity (Wildman–Crippen MR) is 134 cm³/mol. The zero-order valence-corrected chi connectivity index (χ0v) is 19.4. The van der Waals surface area contributed by atoms with Crippen molar-refractivity contribution in [3.8, 4) is 11.5 Å². The summed E-state index contributed by atoms with van der Waals surface area (Å²) < 4.78 is 21.8. The summed E-state index contributed by atoms with van der Waals surface area (Å²) in [7, 11) is 0. The molecule has 0 spiro atoms. The van der Waals surface area contributed by atoms with Crippen LogP contribution in [0.5, 0.6) is 11.5 Å². The van der Waals surface area contributed by atoms with Crippen LogP contribution in [-0.4, -0.2) is 51.1 Å². The minimum Gasteiger partial charge on any atom is -0.491 e. The van der Waals surface area contributed by atoms with Crippen molar-refractivity contribution in [2.24, 2.45) is 9.98 Å². The van der Waals surface area contributed by atoms with Crippen LogP contribution in [0.4, 0.5) is 11.4 Å². The summed E-state index contributed by atoms with van der Waals surface area (Å²) in [5.41, 5.74) is 6.05. The van der Waals surface area contributed by atoms with Gasteiger partial charge in [-0.1, -0.05) is 24.3 Å². The Balaban J connectivity index is 1.17. The minimum atomic E-state index is 0.253. The van der Waals surface area contributed by atoms with E-state index in [0.29, 0.717) is 13.2 Å². The molecule has 34 heavy (non-hydrogen) atoms. The van der Waals surface area contributed by atoms with Crippen LogP contribution < -0.4 is 9.47 Å². The highest BCUT2D eigenvalue weighted by Crippen LogP contribution is 2.26. The monoisotopic (exact) mass is 456 g/mol. The van der Waals surface area contributed by atoms with E-state index in [-0.39, 0.29) is 12.2 Å². The SMILES string of the molecule is Cc1cc(OCC2CO2)ccc1N=Cc1ccc(C=Nc2ccc(OCC3CO3)cc2C)cc1. The normalized spacial score (nSPS) is 19.0. The number of aryl methyl sites for hydroxylation is 2. The van der Waals surface area contributed by atoms with Crippen LogP contribution in [-0.2, 0) is 9.47 Å². The van der Waals surface area contributed by atoms with Crippen molar-refractivity contribution in [3.05, 3.63) is 82.9 Å². The van der Waals surface area contributed by atoms with Crippen molar-refractivity contribution in [1.29, 1.82) is 0 Å². The second kappa shape index (κ2) is 10.2. The molecule has 6 heteroatoms. The molecular formula is C28H28N2O4. The summed E-state index contributed by atoms with van der Waals surface area (Å²) in [6, 6.07) is 20.0. The van der Waals surface area contributed by atoms with Gasteiger partial charge in [-0.3, -0.25) is 9.98 Å². The first-order valence-electron chi connectivity index (χ1n) is 11.5. The van der Waals surface area contributed by atoms with Crippen molar-refractivity contribution in [2.45, 2.75) is 26.1 Å². The van der Waals surface area contributed by atoms with E-state index in [1.54, 1.807) is 0 Å². The second-order valence-electron chi connectivity index (χ2n) is 8.61. The second-order valence-corrected chi connectivity index (χ2v) is 8.61. The van der Waals surface area contributed by atoms with Gasteiger partial charge in [-0.2, -0.15) is 0 Å². The van der Waals surface area contributed by atoms with Crippen molar-refractivity contribution >= 4 is 23.8 Å². The van der Waals surface area contributed by atoms with E-state index in [2.05, 4.69) is 9.98 Å². The van der Waals surface area contributed by atoms with Crippen LogP contribution in [0, 0.1) is 13.8 Å². The molecule has 0 saturated carbocycles. The maximum Gasteiger partial charge on any atom is 0.119 e. The van der Waals surface area contributed by atoms with Crippen molar-refractivity contribution in [1.82, 2.24) is 0 Å². The fourth-order valence-corrected chi connectivity index (χ4v) is 3.39. The summed E-state index contributed by atoms with van der Waals surface area (Å²) in [5, 5.41) is 0. The van der Waals surface area contributed by atoms with Crippen LogP contribution >= 0.6 is 0 Å². The van der Waals surface area contributed by atoms with Gasteiger partial charge in [0.05, 0.1) is 24.6 Å². The van der Waals surface area contributed by atoms with Gasteiger partial charge in [0, 0.05) is 12.4 Å². The largest absolute Gasteiger partial charge is 0.491 e. The average Bonchev–Trinajstić information content (AvgIpc) is 3.76. The molecule has 2 heterocycles. The summed E-state index contributed by atoms with van der Waals surface area (Å²) in [6.07, 6.45) is 4.25. The molecule has 3 aromatic carbocycles. The lowest BCUT2D eigenvalue weighted by molar-refractivity contribution is 0.263. The van der Waals surface area contributed by atoms with Crippen molar-refractivity contribution < 1.29 is 18.9 Å². The molecule has 0 amide bonds. The number of nitrogens with zero attached hydrogens (tertiary/aromatic N) is 2. The molecule has 2 unspecified atom stereocenters. The van der Waals surface area contributed by atoms with Crippen LogP contribution in [0.3, 0.4) is 0 Å². The first-order valence-corrected chi connectivity index (χ1v) is 11.5. The Labute approximate surface area is 199 Å². The Kier molecular flexibility index (Phi) is 6.70. The first kappa shape index (κ1) is 22.3. The van der Waals surface area contributed by atoms with Gasteiger partial charge in [0.25, 0.3) is 0 Å². The van der Waals surface area contributed by atoms with Gasteiger partial charge in [-0.15, -0.1) is 0 Å². The molecule has 2 saturated heterocycles. The third-order valence-corrected chi connectivity index (χ3v) is 5.65. The Morgan fingerprint density at radius 1 is 0.706 bits per heavy atom. The Morgan fingerprint density at radius 2 is 1.12 bits per heavy atom. The standard InChI is InChI=1S/C28H28N2O4/c1-19-11-23(31-15-25-17-33-25)7-9-27(19)29-13-21-3-5-22(6-4-21)14-30-28-10-8-24(12-20(28)2)32-16-26-18-34-26/h3-14,25-26H,15-18H2,1-2H3. The highest BCUT2D eigenvalue weighted by molar-refractivity contribution is 5.86. The fraction of sp³-hybridized carbons (Fsp3) is 0.286. The van der Waals surface area contributed by atoms with Gasteiger partial charge < -0.3 is 18.9 Å². The average molecular weight is 457 g/mol. The topological polar surface area (TPSA) is 68.2 Å². The molecule has 0 bridgehead atoms. The van der Waals surface area contributed by atoms with Gasteiger partial charge >= 0.3 is 0 Å². The number of epoxide rings is 2. The number of ether oxygens (including phenoxy) is 4. The van der Waals surface area contributed by atoms with Gasteiger partial charge in [0.15, 0.2) is 0 Å². The first-order chi connectivity index (χ1) is 16.6. The summed E-state index contributed by atoms with van der Waals surface area (Å²) in [4.78, 5) is 9.28. The third kappa shape index (κ3) is 6.31. The smallest absolute Gasteiger partial charge is 0.119 e. The maximum atomic E-state index is 5.73. The van der Waals surface area contributed by atoms with Gasteiger partial charge in [-0.25, -0.2) is 0 Å². The van der Waals surface area contributed by atoms with Gasteiger partial charge in [0.1, 0.15) is 36.9 Å². The van der Waals surface area contributed by atoms with E-state index >= 15 is 0 Å². The van der Waals surface area contributed by atoms with E-state index in [4.69, 9.17) is 18.9 Å². The third-order valence-electron chi connectivity index (χ3n) is 5.65. The maximum absolute atomic E-state index is 5.73. The molecule has 0 aliphatic carbocycles. The molecule has 0 N–H and O–H groups in total. The number of hydrogen-bond donors (Lipinski definition) is 0. The van der Waals surface area contributed by atoms with E-state index < -0.39 is 0 Å². The van der Waals surface area contributed by atoms with Crippen LogP contribution in [0.1, 0.15) is 22.3 Å². The van der Waals surface area contributed by atoms with Crippen LogP contribution in [0.2, 0.25) is 0 Å². The summed E-state index contributed by atoms with van der Waals surface area (Å²) >= 11 is 0.